The van der Waals surface area contributed by atoms with Crippen molar-refractivity contribution in [3.05, 3.63) is 34.9 Å². The second-order valence-corrected chi connectivity index (χ2v) is 5.54. The molecule has 0 heterocycles. The number of rotatable bonds is 3. The number of benzene rings is 1. The summed E-state index contributed by atoms with van der Waals surface area (Å²) in [5.74, 6) is -0.232. The molecule has 0 saturated heterocycles. The van der Waals surface area contributed by atoms with Gasteiger partial charge in [-0.2, -0.15) is 0 Å². The molecule has 1 rings (SSSR count). The molecule has 0 aliphatic rings. The van der Waals surface area contributed by atoms with Crippen LogP contribution in [0.5, 0.6) is 0 Å². The first-order valence-corrected chi connectivity index (χ1v) is 6.10. The number of nitrogens with one attached hydrogen (secondary N) is 2. The minimum absolute atomic E-state index is 0.0978. The Bertz CT molecular complexity index is 435. The third kappa shape index (κ3) is 3.31. The Labute approximate surface area is 109 Å². The molecule has 4 N–H and O–H groups in total. The number of nitrogens with two attached hydrogens (primary N) is 1. The van der Waals surface area contributed by atoms with Crippen LogP contribution < -0.4 is 16.6 Å². The highest BCUT2D eigenvalue weighted by atomic mass is 16.2. The smallest absolute Gasteiger partial charge is 0.255 e. The summed E-state index contributed by atoms with van der Waals surface area (Å²) in [5, 5.41) is 0. The molecule has 100 valence electrons. The Morgan fingerprint density at radius 1 is 1.33 bits per heavy atom. The first-order valence-electron chi connectivity index (χ1n) is 6.10. The van der Waals surface area contributed by atoms with Crippen LogP contribution in [-0.2, 0) is 10.2 Å². The maximum atomic E-state index is 11.7. The molecule has 0 spiro atoms. The predicted octanol–water partition coefficient (Wildman–Crippen LogP) is 1.54. The van der Waals surface area contributed by atoms with E-state index >= 15 is 0 Å². The van der Waals surface area contributed by atoms with E-state index in [0.717, 1.165) is 11.1 Å². The van der Waals surface area contributed by atoms with Crippen LogP contribution in [0.3, 0.4) is 0 Å². The van der Waals surface area contributed by atoms with E-state index in [1.807, 2.05) is 19.1 Å². The lowest BCUT2D eigenvalue weighted by molar-refractivity contribution is -0.123. The summed E-state index contributed by atoms with van der Waals surface area (Å²) in [7, 11) is 1.64. The van der Waals surface area contributed by atoms with E-state index in [1.54, 1.807) is 7.05 Å². The van der Waals surface area contributed by atoms with Crippen LogP contribution in [-0.4, -0.2) is 13.0 Å². The number of aryl methyl sites for hydroxylation is 1. The molecular formula is C14H23N3O. The van der Waals surface area contributed by atoms with Gasteiger partial charge in [0.05, 0.1) is 0 Å². The highest BCUT2D eigenvalue weighted by molar-refractivity contribution is 5.82. The van der Waals surface area contributed by atoms with Crippen molar-refractivity contribution in [1.82, 2.24) is 10.9 Å². The second-order valence-electron chi connectivity index (χ2n) is 5.54. The van der Waals surface area contributed by atoms with Gasteiger partial charge in [0.2, 0.25) is 0 Å². The van der Waals surface area contributed by atoms with E-state index in [9.17, 15) is 4.79 Å². The highest BCUT2D eigenvalue weighted by Gasteiger charge is 2.19. The van der Waals surface area contributed by atoms with Crippen molar-refractivity contribution in [2.24, 2.45) is 5.73 Å². The average molecular weight is 249 g/mol. The van der Waals surface area contributed by atoms with E-state index in [4.69, 9.17) is 5.73 Å². The standard InChI is InChI=1S/C14H23N3O/c1-9-8-10(14(2,3)4)6-7-11(9)12(15)13(18)17-16-5/h6-8,12,16H,15H2,1-5H3,(H,17,18). The molecule has 4 heteroatoms. The molecule has 1 aromatic carbocycles. The minimum Gasteiger partial charge on any atom is -0.316 e. The van der Waals surface area contributed by atoms with Gasteiger partial charge in [0.25, 0.3) is 5.91 Å². The maximum absolute atomic E-state index is 11.7. The van der Waals surface area contributed by atoms with Crippen LogP contribution in [0.4, 0.5) is 0 Å². The number of hydrogen-bond acceptors (Lipinski definition) is 3. The molecule has 0 saturated carbocycles. The molecule has 1 amide bonds. The van der Waals surface area contributed by atoms with Crippen molar-refractivity contribution in [3.8, 4) is 0 Å². The molecule has 1 atom stereocenters. The zero-order valence-corrected chi connectivity index (χ0v) is 11.8. The Hall–Kier alpha value is -1.39. The highest BCUT2D eigenvalue weighted by Crippen LogP contribution is 2.26. The largest absolute Gasteiger partial charge is 0.316 e. The Balaban J connectivity index is 3.02. The molecule has 1 aromatic rings. The van der Waals surface area contributed by atoms with Gasteiger partial charge in [0.15, 0.2) is 0 Å². The Kier molecular flexibility index (Phi) is 4.48. The molecule has 4 nitrogen and oxygen atoms in total. The molecule has 0 aromatic heterocycles. The van der Waals surface area contributed by atoms with Gasteiger partial charge in [-0.15, -0.1) is 0 Å². The van der Waals surface area contributed by atoms with Crippen molar-refractivity contribution in [2.45, 2.75) is 39.2 Å². The summed E-state index contributed by atoms with van der Waals surface area (Å²) in [6.07, 6.45) is 0. The number of carbonyl (C=O) groups excluding carboxylic acids is 1. The summed E-state index contributed by atoms with van der Waals surface area (Å²) < 4.78 is 0. The van der Waals surface area contributed by atoms with Crippen LogP contribution in [0.2, 0.25) is 0 Å². The topological polar surface area (TPSA) is 67.1 Å². The van der Waals surface area contributed by atoms with Crippen LogP contribution in [0.15, 0.2) is 18.2 Å². The number of hydrazine groups is 1. The Morgan fingerprint density at radius 3 is 2.39 bits per heavy atom. The van der Waals surface area contributed by atoms with Gasteiger partial charge in [0.1, 0.15) is 6.04 Å². The molecule has 0 aliphatic heterocycles. The monoisotopic (exact) mass is 249 g/mol. The van der Waals surface area contributed by atoms with Crippen molar-refractivity contribution < 1.29 is 4.79 Å². The first kappa shape index (κ1) is 14.7. The first-order chi connectivity index (χ1) is 8.27. The predicted molar refractivity (Wildman–Crippen MR) is 74.0 cm³/mol. The zero-order chi connectivity index (χ0) is 13.9. The van der Waals surface area contributed by atoms with Crippen LogP contribution in [0, 0.1) is 6.92 Å². The van der Waals surface area contributed by atoms with E-state index in [2.05, 4.69) is 37.7 Å². The van der Waals surface area contributed by atoms with Gasteiger partial charge < -0.3 is 5.73 Å². The van der Waals surface area contributed by atoms with Crippen LogP contribution in [0.1, 0.15) is 43.5 Å². The fraction of sp³-hybridized carbons (Fsp3) is 0.500. The Morgan fingerprint density at radius 2 is 1.94 bits per heavy atom. The molecule has 1 unspecified atom stereocenters. The SMILES string of the molecule is CNNC(=O)C(N)c1ccc(C(C)(C)C)cc1C. The van der Waals surface area contributed by atoms with Gasteiger partial charge in [-0.25, -0.2) is 5.43 Å². The van der Waals surface area contributed by atoms with Gasteiger partial charge in [-0.1, -0.05) is 39.0 Å². The van der Waals surface area contributed by atoms with Crippen LogP contribution in [0.25, 0.3) is 0 Å². The fourth-order valence-electron chi connectivity index (χ4n) is 1.83. The fourth-order valence-corrected chi connectivity index (χ4v) is 1.83. The quantitative estimate of drug-likeness (QED) is 0.712. The summed E-state index contributed by atoms with van der Waals surface area (Å²) in [5.41, 5.74) is 14.3. The number of amides is 1. The third-order valence-corrected chi connectivity index (χ3v) is 3.00. The van der Waals surface area contributed by atoms with Crippen molar-refractivity contribution in [1.29, 1.82) is 0 Å². The van der Waals surface area contributed by atoms with Crippen molar-refractivity contribution in [2.75, 3.05) is 7.05 Å². The van der Waals surface area contributed by atoms with Crippen LogP contribution >= 0.6 is 0 Å². The molecule has 0 aliphatic carbocycles. The molecule has 0 fully saturated rings. The van der Waals surface area contributed by atoms with E-state index in [0.29, 0.717) is 0 Å². The maximum Gasteiger partial charge on any atom is 0.255 e. The lowest BCUT2D eigenvalue weighted by Gasteiger charge is -2.22. The lowest BCUT2D eigenvalue weighted by atomic mass is 9.84. The third-order valence-electron chi connectivity index (χ3n) is 3.00. The number of carbonyl (C=O) groups is 1. The summed E-state index contributed by atoms with van der Waals surface area (Å²) >= 11 is 0. The van der Waals surface area contributed by atoms with Gasteiger partial charge in [0, 0.05) is 7.05 Å². The summed E-state index contributed by atoms with van der Waals surface area (Å²) in [6, 6.07) is 5.43. The average Bonchev–Trinajstić information content (AvgIpc) is 2.27. The number of hydrogen-bond donors (Lipinski definition) is 3. The van der Waals surface area contributed by atoms with Crippen molar-refractivity contribution in [3.63, 3.8) is 0 Å². The molecule has 0 radical (unpaired) electrons. The van der Waals surface area contributed by atoms with Crippen molar-refractivity contribution >= 4 is 5.91 Å². The lowest BCUT2D eigenvalue weighted by Crippen LogP contribution is -2.41. The van der Waals surface area contributed by atoms with E-state index in [-0.39, 0.29) is 11.3 Å². The van der Waals surface area contributed by atoms with Gasteiger partial charge in [-0.3, -0.25) is 10.2 Å². The molecular weight excluding hydrogens is 226 g/mol. The summed E-state index contributed by atoms with van der Waals surface area (Å²) in [6.45, 7) is 8.47. The minimum atomic E-state index is -0.647. The van der Waals surface area contributed by atoms with Gasteiger partial charge in [-0.05, 0) is 29.0 Å². The summed E-state index contributed by atoms with van der Waals surface area (Å²) in [4.78, 5) is 11.7. The van der Waals surface area contributed by atoms with E-state index < -0.39 is 6.04 Å². The second kappa shape index (κ2) is 5.50. The van der Waals surface area contributed by atoms with Gasteiger partial charge >= 0.3 is 0 Å². The zero-order valence-electron chi connectivity index (χ0n) is 11.8. The normalized spacial score (nSPS) is 13.2. The molecule has 0 bridgehead atoms. The van der Waals surface area contributed by atoms with E-state index in [1.165, 1.54) is 5.56 Å². The molecule has 18 heavy (non-hydrogen) atoms.